The zero-order valence-corrected chi connectivity index (χ0v) is 12.4. The van der Waals surface area contributed by atoms with Gasteiger partial charge < -0.3 is 10.1 Å². The Labute approximate surface area is 124 Å². The Balaban J connectivity index is 1.64. The number of nitrogens with one attached hydrogen (secondary N) is 1. The quantitative estimate of drug-likeness (QED) is 0.923. The Morgan fingerprint density at radius 2 is 2.05 bits per heavy atom. The number of aryl methyl sites for hydroxylation is 1. The van der Waals surface area contributed by atoms with E-state index in [-0.39, 0.29) is 11.8 Å². The van der Waals surface area contributed by atoms with Gasteiger partial charge in [-0.1, -0.05) is 13.0 Å². The van der Waals surface area contributed by atoms with Crippen LogP contribution in [0.2, 0.25) is 0 Å². The standard InChI is InChI=1S/C16H22F2N2O/c1-2-11-3-4-13(20-14(11)15(17)18)21-12-5-7-16(8-6-12)9-19-10-16/h3-4,12,15,19H,2,5-10H2,1H3. The number of nitrogens with zero attached hydrogens (tertiary/aromatic N) is 1. The van der Waals surface area contributed by atoms with Crippen molar-refractivity contribution in [3.63, 3.8) is 0 Å². The van der Waals surface area contributed by atoms with Crippen molar-refractivity contribution < 1.29 is 13.5 Å². The molecule has 3 rings (SSSR count). The number of alkyl halides is 2. The Morgan fingerprint density at radius 1 is 1.33 bits per heavy atom. The van der Waals surface area contributed by atoms with Crippen molar-refractivity contribution in [1.82, 2.24) is 10.3 Å². The van der Waals surface area contributed by atoms with Gasteiger partial charge in [0.15, 0.2) is 0 Å². The van der Waals surface area contributed by atoms with Crippen molar-refractivity contribution in [2.45, 2.75) is 51.6 Å². The molecule has 0 amide bonds. The van der Waals surface area contributed by atoms with Gasteiger partial charge in [-0.05, 0) is 43.1 Å². The molecular weight excluding hydrogens is 274 g/mol. The van der Waals surface area contributed by atoms with Crippen LogP contribution in [-0.4, -0.2) is 24.2 Å². The lowest BCUT2D eigenvalue weighted by Gasteiger charge is -2.47. The molecule has 1 saturated carbocycles. The van der Waals surface area contributed by atoms with Crippen molar-refractivity contribution >= 4 is 0 Å². The summed E-state index contributed by atoms with van der Waals surface area (Å²) in [4.78, 5) is 4.02. The van der Waals surface area contributed by atoms with E-state index in [2.05, 4.69) is 10.3 Å². The van der Waals surface area contributed by atoms with Crippen LogP contribution in [0, 0.1) is 5.41 Å². The van der Waals surface area contributed by atoms with Gasteiger partial charge in [-0.25, -0.2) is 13.8 Å². The molecule has 1 aliphatic heterocycles. The Bertz CT molecular complexity index is 493. The van der Waals surface area contributed by atoms with Crippen LogP contribution in [0.5, 0.6) is 5.88 Å². The first-order valence-electron chi connectivity index (χ1n) is 7.77. The van der Waals surface area contributed by atoms with Crippen molar-refractivity contribution in [2.75, 3.05) is 13.1 Å². The fourth-order valence-corrected chi connectivity index (χ4v) is 3.36. The van der Waals surface area contributed by atoms with Crippen LogP contribution in [0.1, 0.15) is 50.3 Å². The van der Waals surface area contributed by atoms with E-state index < -0.39 is 6.43 Å². The molecule has 1 saturated heterocycles. The molecule has 1 aliphatic carbocycles. The maximum atomic E-state index is 13.0. The topological polar surface area (TPSA) is 34.1 Å². The minimum Gasteiger partial charge on any atom is -0.474 e. The summed E-state index contributed by atoms with van der Waals surface area (Å²) in [5.74, 6) is 0.343. The summed E-state index contributed by atoms with van der Waals surface area (Å²) in [6.07, 6.45) is 2.41. The van der Waals surface area contributed by atoms with Crippen LogP contribution < -0.4 is 10.1 Å². The zero-order valence-electron chi connectivity index (χ0n) is 12.4. The average molecular weight is 296 g/mol. The second-order valence-corrected chi connectivity index (χ2v) is 6.27. The molecule has 1 aromatic heterocycles. The van der Waals surface area contributed by atoms with Gasteiger partial charge in [0.05, 0.1) is 0 Å². The van der Waals surface area contributed by atoms with E-state index in [0.717, 1.165) is 38.8 Å². The predicted octanol–water partition coefficient (Wildman–Crippen LogP) is 3.49. The molecule has 1 aromatic rings. The summed E-state index contributed by atoms with van der Waals surface area (Å²) in [6.45, 7) is 4.08. The lowest BCUT2D eigenvalue weighted by Crippen LogP contribution is -2.55. The summed E-state index contributed by atoms with van der Waals surface area (Å²) in [7, 11) is 0. The number of aromatic nitrogens is 1. The number of hydrogen-bond acceptors (Lipinski definition) is 3. The van der Waals surface area contributed by atoms with Crippen LogP contribution in [0.4, 0.5) is 8.78 Å². The first-order chi connectivity index (χ1) is 10.1. The number of rotatable bonds is 4. The maximum Gasteiger partial charge on any atom is 0.280 e. The van der Waals surface area contributed by atoms with E-state index in [4.69, 9.17) is 4.74 Å². The molecule has 0 bridgehead atoms. The maximum absolute atomic E-state index is 13.0. The normalized spacial score (nSPS) is 21.5. The fourth-order valence-electron chi connectivity index (χ4n) is 3.36. The average Bonchev–Trinajstić information content (AvgIpc) is 2.46. The molecule has 0 aromatic carbocycles. The van der Waals surface area contributed by atoms with Crippen LogP contribution >= 0.6 is 0 Å². The smallest absolute Gasteiger partial charge is 0.280 e. The Hall–Kier alpha value is -1.23. The molecule has 5 heteroatoms. The Kier molecular flexibility index (Phi) is 4.11. The molecule has 21 heavy (non-hydrogen) atoms. The molecule has 0 atom stereocenters. The lowest BCUT2D eigenvalue weighted by atomic mass is 9.69. The third-order valence-corrected chi connectivity index (χ3v) is 4.86. The predicted molar refractivity (Wildman–Crippen MR) is 76.8 cm³/mol. The fraction of sp³-hybridized carbons (Fsp3) is 0.688. The van der Waals surface area contributed by atoms with E-state index >= 15 is 0 Å². The number of ether oxygens (including phenoxy) is 1. The molecular formula is C16H22F2N2O. The van der Waals surface area contributed by atoms with Gasteiger partial charge in [-0.3, -0.25) is 0 Å². The largest absolute Gasteiger partial charge is 0.474 e. The monoisotopic (exact) mass is 296 g/mol. The lowest BCUT2D eigenvalue weighted by molar-refractivity contribution is 0.0396. The van der Waals surface area contributed by atoms with Gasteiger partial charge in [0, 0.05) is 19.2 Å². The summed E-state index contributed by atoms with van der Waals surface area (Å²) in [5, 5.41) is 3.33. The summed E-state index contributed by atoms with van der Waals surface area (Å²) >= 11 is 0. The Morgan fingerprint density at radius 3 is 2.57 bits per heavy atom. The summed E-state index contributed by atoms with van der Waals surface area (Å²) < 4.78 is 31.8. The highest BCUT2D eigenvalue weighted by molar-refractivity contribution is 5.27. The van der Waals surface area contributed by atoms with Crippen LogP contribution in [0.25, 0.3) is 0 Å². The first-order valence-corrected chi connectivity index (χ1v) is 7.77. The second-order valence-electron chi connectivity index (χ2n) is 6.27. The molecule has 0 unspecified atom stereocenters. The number of halogens is 2. The van der Waals surface area contributed by atoms with E-state index in [1.54, 1.807) is 12.1 Å². The van der Waals surface area contributed by atoms with Crippen LogP contribution in [0.15, 0.2) is 12.1 Å². The molecule has 0 radical (unpaired) electrons. The summed E-state index contributed by atoms with van der Waals surface area (Å²) in [5.41, 5.74) is 0.944. The van der Waals surface area contributed by atoms with Crippen LogP contribution in [-0.2, 0) is 6.42 Å². The van der Waals surface area contributed by atoms with Crippen molar-refractivity contribution in [2.24, 2.45) is 5.41 Å². The highest BCUT2D eigenvalue weighted by Gasteiger charge is 2.40. The van der Waals surface area contributed by atoms with Gasteiger partial charge >= 0.3 is 0 Å². The van der Waals surface area contributed by atoms with Gasteiger partial charge in [0.25, 0.3) is 6.43 Å². The van der Waals surface area contributed by atoms with E-state index in [0.29, 0.717) is 23.3 Å². The second kappa shape index (κ2) is 5.87. The molecule has 2 heterocycles. The minimum atomic E-state index is -2.54. The molecule has 1 spiro atoms. The minimum absolute atomic E-state index is 0.113. The SMILES string of the molecule is CCc1ccc(OC2CCC3(CC2)CNC3)nc1C(F)F. The summed E-state index contributed by atoms with van der Waals surface area (Å²) in [6, 6.07) is 3.43. The van der Waals surface area contributed by atoms with Crippen LogP contribution in [0.3, 0.4) is 0 Å². The molecule has 1 N–H and O–H groups in total. The van der Waals surface area contributed by atoms with Crippen molar-refractivity contribution in [1.29, 1.82) is 0 Å². The molecule has 2 aliphatic rings. The third-order valence-electron chi connectivity index (χ3n) is 4.86. The number of hydrogen-bond donors (Lipinski definition) is 1. The highest BCUT2D eigenvalue weighted by Crippen LogP contribution is 2.40. The van der Waals surface area contributed by atoms with Crippen molar-refractivity contribution in [3.05, 3.63) is 23.4 Å². The van der Waals surface area contributed by atoms with E-state index in [1.165, 1.54) is 0 Å². The first kappa shape index (κ1) is 14.7. The third kappa shape index (κ3) is 3.03. The molecule has 2 fully saturated rings. The van der Waals surface area contributed by atoms with E-state index in [1.807, 2.05) is 6.92 Å². The number of pyridine rings is 1. The van der Waals surface area contributed by atoms with E-state index in [9.17, 15) is 8.78 Å². The van der Waals surface area contributed by atoms with Gasteiger partial charge in [0.2, 0.25) is 5.88 Å². The van der Waals surface area contributed by atoms with Gasteiger partial charge in [0.1, 0.15) is 11.8 Å². The molecule has 3 nitrogen and oxygen atoms in total. The van der Waals surface area contributed by atoms with Gasteiger partial charge in [-0.15, -0.1) is 0 Å². The zero-order chi connectivity index (χ0) is 14.9. The highest BCUT2D eigenvalue weighted by atomic mass is 19.3. The van der Waals surface area contributed by atoms with Gasteiger partial charge in [-0.2, -0.15) is 0 Å². The molecule has 116 valence electrons. The van der Waals surface area contributed by atoms with Crippen molar-refractivity contribution in [3.8, 4) is 5.88 Å².